The fourth-order valence-corrected chi connectivity index (χ4v) is 1.33. The molecule has 5 N–H and O–H groups in total. The summed E-state index contributed by atoms with van der Waals surface area (Å²) in [6.45, 7) is -0.442. The number of alkyl halides is 3. The maximum atomic E-state index is 12.5. The van der Waals surface area contributed by atoms with E-state index in [0.717, 1.165) is 0 Å². The second-order valence-corrected chi connectivity index (χ2v) is 3.76. The number of nitrogens with two attached hydrogens (primary N) is 2. The zero-order chi connectivity index (χ0) is 14.8. The SMILES string of the molecule is NC(=O)C(N)CCn1c(=O)[nH]cc(C(F)(F)F)c1=O. The Hall–Kier alpha value is -2.10. The van der Waals surface area contributed by atoms with E-state index in [-0.39, 0.29) is 6.42 Å². The van der Waals surface area contributed by atoms with Crippen molar-refractivity contribution < 1.29 is 18.0 Å². The fourth-order valence-electron chi connectivity index (χ4n) is 1.33. The monoisotopic (exact) mass is 280 g/mol. The number of nitrogens with zero attached hydrogens (tertiary/aromatic N) is 1. The van der Waals surface area contributed by atoms with E-state index in [2.05, 4.69) is 0 Å². The van der Waals surface area contributed by atoms with Crippen LogP contribution in [0.25, 0.3) is 0 Å². The fraction of sp³-hybridized carbons (Fsp3) is 0.444. The Bertz CT molecular complexity index is 590. The molecule has 19 heavy (non-hydrogen) atoms. The molecule has 0 radical (unpaired) electrons. The third-order valence-corrected chi connectivity index (χ3v) is 2.40. The van der Waals surface area contributed by atoms with Crippen LogP contribution in [0.4, 0.5) is 13.2 Å². The first-order valence-electron chi connectivity index (χ1n) is 5.09. The second kappa shape index (κ2) is 5.26. The van der Waals surface area contributed by atoms with Crippen LogP contribution in [0.5, 0.6) is 0 Å². The van der Waals surface area contributed by atoms with Crippen molar-refractivity contribution in [2.75, 3.05) is 0 Å². The van der Waals surface area contributed by atoms with Crippen molar-refractivity contribution in [3.8, 4) is 0 Å². The minimum Gasteiger partial charge on any atom is -0.368 e. The van der Waals surface area contributed by atoms with Gasteiger partial charge in [0.1, 0.15) is 5.56 Å². The lowest BCUT2D eigenvalue weighted by molar-refractivity contribution is -0.139. The molecule has 106 valence electrons. The Balaban J connectivity index is 3.12. The normalized spacial score (nSPS) is 13.3. The van der Waals surface area contributed by atoms with E-state index in [0.29, 0.717) is 10.8 Å². The molecule has 1 aromatic rings. The molecule has 0 aromatic carbocycles. The summed E-state index contributed by atoms with van der Waals surface area (Å²) in [5.74, 6) is -0.878. The van der Waals surface area contributed by atoms with Crippen molar-refractivity contribution in [1.82, 2.24) is 9.55 Å². The number of hydrogen-bond acceptors (Lipinski definition) is 4. The number of rotatable bonds is 4. The first-order valence-corrected chi connectivity index (χ1v) is 5.09. The van der Waals surface area contributed by atoms with Gasteiger partial charge in [0.15, 0.2) is 0 Å². The minimum absolute atomic E-state index is 0.223. The predicted molar refractivity (Wildman–Crippen MR) is 58.1 cm³/mol. The maximum Gasteiger partial charge on any atom is 0.423 e. The van der Waals surface area contributed by atoms with Gasteiger partial charge in [-0.3, -0.25) is 14.2 Å². The van der Waals surface area contributed by atoms with E-state index in [1.54, 1.807) is 4.98 Å². The minimum atomic E-state index is -4.88. The quantitative estimate of drug-likeness (QED) is 0.638. The average molecular weight is 280 g/mol. The van der Waals surface area contributed by atoms with Crippen LogP contribution in [0.1, 0.15) is 12.0 Å². The van der Waals surface area contributed by atoms with Gasteiger partial charge in [0.25, 0.3) is 5.56 Å². The van der Waals surface area contributed by atoms with Crippen molar-refractivity contribution in [3.63, 3.8) is 0 Å². The lowest BCUT2D eigenvalue weighted by atomic mass is 10.2. The van der Waals surface area contributed by atoms with Crippen molar-refractivity contribution in [2.24, 2.45) is 11.5 Å². The molecular weight excluding hydrogens is 269 g/mol. The molecule has 0 saturated heterocycles. The molecule has 0 fully saturated rings. The third-order valence-electron chi connectivity index (χ3n) is 2.40. The van der Waals surface area contributed by atoms with E-state index in [9.17, 15) is 27.6 Å². The van der Waals surface area contributed by atoms with Crippen LogP contribution in [-0.2, 0) is 17.5 Å². The first-order chi connectivity index (χ1) is 8.64. The molecule has 7 nitrogen and oxygen atoms in total. The summed E-state index contributed by atoms with van der Waals surface area (Å²) in [5.41, 5.74) is 6.11. The molecule has 10 heteroatoms. The number of H-pyrrole nitrogens is 1. The van der Waals surface area contributed by atoms with Crippen molar-refractivity contribution in [3.05, 3.63) is 32.6 Å². The molecule has 0 aliphatic rings. The molecule has 1 atom stereocenters. The third kappa shape index (κ3) is 3.44. The van der Waals surface area contributed by atoms with Gasteiger partial charge in [0, 0.05) is 12.7 Å². The van der Waals surface area contributed by atoms with Crippen LogP contribution in [0.15, 0.2) is 15.8 Å². The van der Waals surface area contributed by atoms with Gasteiger partial charge in [-0.2, -0.15) is 13.2 Å². The molecule has 1 rings (SSSR count). The highest BCUT2D eigenvalue weighted by Crippen LogP contribution is 2.25. The van der Waals surface area contributed by atoms with Gasteiger partial charge in [-0.1, -0.05) is 0 Å². The van der Waals surface area contributed by atoms with E-state index in [1.165, 1.54) is 0 Å². The van der Waals surface area contributed by atoms with Gasteiger partial charge in [-0.05, 0) is 6.42 Å². The molecule has 0 saturated carbocycles. The second-order valence-electron chi connectivity index (χ2n) is 3.76. The standard InChI is InChI=1S/C9H11F3N4O3/c10-9(11,12)4-3-15-8(19)16(7(4)18)2-1-5(13)6(14)17/h3,5H,1-2,13H2,(H2,14,17)(H,15,19). The summed E-state index contributed by atoms with van der Waals surface area (Å²) >= 11 is 0. The van der Waals surface area contributed by atoms with Crippen molar-refractivity contribution >= 4 is 5.91 Å². The molecular formula is C9H11F3N4O3. The Morgan fingerprint density at radius 3 is 2.47 bits per heavy atom. The lowest BCUT2D eigenvalue weighted by Gasteiger charge is -2.11. The molecule has 0 aliphatic heterocycles. The highest BCUT2D eigenvalue weighted by atomic mass is 19.4. The number of hydrogen-bond donors (Lipinski definition) is 3. The van der Waals surface area contributed by atoms with E-state index < -0.39 is 41.5 Å². The van der Waals surface area contributed by atoms with Crippen molar-refractivity contribution in [2.45, 2.75) is 25.2 Å². The average Bonchev–Trinajstić information content (AvgIpc) is 2.26. The smallest absolute Gasteiger partial charge is 0.368 e. The molecule has 1 heterocycles. The summed E-state index contributed by atoms with van der Waals surface area (Å²) in [5, 5.41) is 0. The molecule has 0 spiro atoms. The number of aromatic amines is 1. The Morgan fingerprint density at radius 1 is 1.42 bits per heavy atom. The highest BCUT2D eigenvalue weighted by Gasteiger charge is 2.35. The Kier molecular flexibility index (Phi) is 4.14. The zero-order valence-corrected chi connectivity index (χ0v) is 9.53. The zero-order valence-electron chi connectivity index (χ0n) is 9.53. The number of primary amides is 1. The summed E-state index contributed by atoms with van der Waals surface area (Å²) in [7, 11) is 0. The summed E-state index contributed by atoms with van der Waals surface area (Å²) < 4.78 is 37.7. The van der Waals surface area contributed by atoms with Gasteiger partial charge in [0.05, 0.1) is 6.04 Å². The summed E-state index contributed by atoms with van der Waals surface area (Å²) in [6, 6.07) is -1.15. The summed E-state index contributed by atoms with van der Waals surface area (Å²) in [4.78, 5) is 35.2. The highest BCUT2D eigenvalue weighted by molar-refractivity contribution is 5.79. The van der Waals surface area contributed by atoms with Gasteiger partial charge < -0.3 is 16.5 Å². The van der Waals surface area contributed by atoms with Crippen molar-refractivity contribution in [1.29, 1.82) is 0 Å². The Morgan fingerprint density at radius 2 is 2.00 bits per heavy atom. The van der Waals surface area contributed by atoms with Crippen LogP contribution in [0, 0.1) is 0 Å². The topological polar surface area (TPSA) is 124 Å². The lowest BCUT2D eigenvalue weighted by Crippen LogP contribution is -2.42. The number of aromatic nitrogens is 2. The van der Waals surface area contributed by atoms with Gasteiger partial charge >= 0.3 is 11.9 Å². The number of halogens is 3. The van der Waals surface area contributed by atoms with Crippen LogP contribution < -0.4 is 22.7 Å². The van der Waals surface area contributed by atoms with E-state index in [1.807, 2.05) is 0 Å². The maximum absolute atomic E-state index is 12.5. The van der Waals surface area contributed by atoms with Crippen LogP contribution in [0.3, 0.4) is 0 Å². The van der Waals surface area contributed by atoms with Gasteiger partial charge in [-0.15, -0.1) is 0 Å². The number of amides is 1. The predicted octanol–water partition coefficient (Wildman–Crippen LogP) is -1.24. The molecule has 0 aliphatic carbocycles. The number of carbonyl (C=O) groups excluding carboxylic acids is 1. The molecule has 1 amide bonds. The van der Waals surface area contributed by atoms with Crippen LogP contribution >= 0.6 is 0 Å². The van der Waals surface area contributed by atoms with E-state index >= 15 is 0 Å². The largest absolute Gasteiger partial charge is 0.423 e. The number of nitrogens with one attached hydrogen (secondary N) is 1. The van der Waals surface area contributed by atoms with Gasteiger partial charge in [0.2, 0.25) is 5.91 Å². The summed E-state index contributed by atoms with van der Waals surface area (Å²) in [6.07, 6.45) is -4.80. The Labute approximate surface area is 104 Å². The van der Waals surface area contributed by atoms with E-state index in [4.69, 9.17) is 11.5 Å². The van der Waals surface area contributed by atoms with Gasteiger partial charge in [-0.25, -0.2) is 4.79 Å². The molecule has 0 bridgehead atoms. The molecule has 1 aromatic heterocycles. The van der Waals surface area contributed by atoms with Crippen LogP contribution in [0.2, 0.25) is 0 Å². The molecule has 1 unspecified atom stereocenters. The van der Waals surface area contributed by atoms with Crippen LogP contribution in [-0.4, -0.2) is 21.5 Å². The first kappa shape index (κ1) is 15.0. The number of carbonyl (C=O) groups is 1.